The highest BCUT2D eigenvalue weighted by molar-refractivity contribution is 7.99. The smallest absolute Gasteiger partial charge is 0.262 e. The number of halogens is 1. The largest absolute Gasteiger partial charge is 0.353 e. The van der Waals surface area contributed by atoms with E-state index in [1.165, 1.54) is 43.3 Å². The highest BCUT2D eigenvalue weighted by Gasteiger charge is 2.15. The second kappa shape index (κ2) is 12.0. The van der Waals surface area contributed by atoms with Gasteiger partial charge < -0.3 is 10.3 Å². The SMILES string of the molecule is FOc1ccccn1.O=C(CCSc1nc2ccccc2c(=O)[nH]1)NC1CCCCC1. The monoisotopic (exact) mass is 444 g/mol. The van der Waals surface area contributed by atoms with Crippen LogP contribution >= 0.6 is 11.8 Å². The van der Waals surface area contributed by atoms with E-state index >= 15 is 0 Å². The molecule has 1 fully saturated rings. The van der Waals surface area contributed by atoms with Crippen LogP contribution in [0.2, 0.25) is 0 Å². The molecule has 7 nitrogen and oxygen atoms in total. The lowest BCUT2D eigenvalue weighted by Gasteiger charge is -2.22. The number of amides is 1. The number of aromatic nitrogens is 3. The molecule has 0 spiro atoms. The van der Waals surface area contributed by atoms with Crippen molar-refractivity contribution in [2.24, 2.45) is 0 Å². The summed E-state index contributed by atoms with van der Waals surface area (Å²) in [7, 11) is 0. The number of aromatic amines is 1. The minimum absolute atomic E-state index is 0.00694. The van der Waals surface area contributed by atoms with Crippen LogP contribution in [0.4, 0.5) is 4.53 Å². The Morgan fingerprint density at radius 2 is 1.94 bits per heavy atom. The van der Waals surface area contributed by atoms with Gasteiger partial charge in [-0.25, -0.2) is 9.97 Å². The van der Waals surface area contributed by atoms with Crippen LogP contribution in [0.1, 0.15) is 38.5 Å². The van der Waals surface area contributed by atoms with Gasteiger partial charge in [-0.05, 0) is 31.0 Å². The van der Waals surface area contributed by atoms with E-state index in [9.17, 15) is 14.1 Å². The van der Waals surface area contributed by atoms with Crippen molar-refractivity contribution in [2.75, 3.05) is 5.75 Å². The molecule has 2 aromatic heterocycles. The molecule has 1 aliphatic rings. The van der Waals surface area contributed by atoms with Crippen LogP contribution in [0.15, 0.2) is 58.6 Å². The van der Waals surface area contributed by atoms with Crippen molar-refractivity contribution in [3.05, 3.63) is 59.0 Å². The summed E-state index contributed by atoms with van der Waals surface area (Å²) in [5, 5.41) is 4.26. The van der Waals surface area contributed by atoms with Gasteiger partial charge in [0.15, 0.2) is 5.16 Å². The molecular weight excluding hydrogens is 419 g/mol. The Morgan fingerprint density at radius 3 is 2.65 bits per heavy atom. The first kappa shape index (κ1) is 22.7. The number of rotatable bonds is 6. The summed E-state index contributed by atoms with van der Waals surface area (Å²) >= 11 is 1.41. The summed E-state index contributed by atoms with van der Waals surface area (Å²) in [5.41, 5.74) is 0.551. The number of nitrogens with one attached hydrogen (secondary N) is 2. The van der Waals surface area contributed by atoms with E-state index in [2.05, 4.69) is 25.2 Å². The van der Waals surface area contributed by atoms with Crippen LogP contribution in [-0.4, -0.2) is 32.7 Å². The zero-order valence-corrected chi connectivity index (χ0v) is 17.9. The van der Waals surface area contributed by atoms with Crippen LogP contribution < -0.4 is 15.8 Å². The molecule has 0 atom stereocenters. The summed E-state index contributed by atoms with van der Waals surface area (Å²) < 4.78 is 11.2. The average Bonchev–Trinajstić information content (AvgIpc) is 2.81. The molecule has 1 aliphatic carbocycles. The zero-order chi connectivity index (χ0) is 21.9. The van der Waals surface area contributed by atoms with Gasteiger partial charge in [0, 0.05) is 35.0 Å². The third-order valence-electron chi connectivity index (χ3n) is 4.85. The minimum atomic E-state index is -0.134. The third kappa shape index (κ3) is 7.36. The lowest BCUT2D eigenvalue weighted by atomic mass is 9.95. The topological polar surface area (TPSA) is 97.0 Å². The lowest BCUT2D eigenvalue weighted by molar-refractivity contribution is -0.121. The van der Waals surface area contributed by atoms with Gasteiger partial charge in [-0.2, -0.15) is 0 Å². The molecule has 164 valence electrons. The van der Waals surface area contributed by atoms with E-state index in [0.29, 0.717) is 34.3 Å². The summed E-state index contributed by atoms with van der Waals surface area (Å²) in [4.78, 5) is 37.9. The Hall–Kier alpha value is -2.94. The van der Waals surface area contributed by atoms with Gasteiger partial charge in [0.05, 0.1) is 10.9 Å². The van der Waals surface area contributed by atoms with Gasteiger partial charge in [-0.3, -0.25) is 14.5 Å². The van der Waals surface area contributed by atoms with E-state index < -0.39 is 0 Å². The molecule has 9 heteroatoms. The molecule has 0 aliphatic heterocycles. The standard InChI is InChI=1S/C17H21N3O2S.C5H4FNO/c21-15(18-12-6-2-1-3-7-12)10-11-23-17-19-14-9-5-4-8-13(14)16(22)20-17;6-8-5-3-1-2-4-7-5/h4-5,8-9,12H,1-3,6-7,10-11H2,(H,18,21)(H,19,20,22);1-4H. The Bertz CT molecular complexity index is 1030. The Morgan fingerprint density at radius 1 is 1.16 bits per heavy atom. The maximum atomic E-state index is 12.0. The number of carbonyl (C=O) groups excluding carboxylic acids is 1. The molecular formula is C22H25FN4O3S. The first-order valence-corrected chi connectivity index (χ1v) is 11.2. The van der Waals surface area contributed by atoms with Crippen molar-refractivity contribution in [1.29, 1.82) is 0 Å². The van der Waals surface area contributed by atoms with E-state index in [0.717, 1.165) is 12.8 Å². The summed E-state index contributed by atoms with van der Waals surface area (Å²) in [5.74, 6) is 0.694. The molecule has 0 bridgehead atoms. The van der Waals surface area contributed by atoms with Gasteiger partial charge in [0.25, 0.3) is 11.4 Å². The van der Waals surface area contributed by atoms with Crippen LogP contribution in [0, 0.1) is 0 Å². The second-order valence-electron chi connectivity index (χ2n) is 7.13. The molecule has 1 amide bonds. The van der Waals surface area contributed by atoms with Crippen molar-refractivity contribution in [3.63, 3.8) is 0 Å². The number of pyridine rings is 1. The summed E-state index contributed by atoms with van der Waals surface area (Å²) in [6.45, 7) is 0. The predicted octanol–water partition coefficient (Wildman–Crippen LogP) is 4.20. The fourth-order valence-electron chi connectivity index (χ4n) is 3.31. The molecule has 0 radical (unpaired) electrons. The number of para-hydroxylation sites is 1. The van der Waals surface area contributed by atoms with Crippen molar-refractivity contribution < 1.29 is 14.3 Å². The van der Waals surface area contributed by atoms with E-state index in [1.807, 2.05) is 18.2 Å². The van der Waals surface area contributed by atoms with Crippen LogP contribution in [-0.2, 0) is 4.79 Å². The number of hydrogen-bond donors (Lipinski definition) is 2. The van der Waals surface area contributed by atoms with Crippen molar-refractivity contribution in [3.8, 4) is 5.88 Å². The molecule has 3 aromatic rings. The maximum absolute atomic E-state index is 12.0. The highest BCUT2D eigenvalue weighted by Crippen LogP contribution is 2.18. The first-order chi connectivity index (χ1) is 15.2. The lowest BCUT2D eigenvalue weighted by Crippen LogP contribution is -2.36. The number of hydrogen-bond acceptors (Lipinski definition) is 6. The molecule has 1 aromatic carbocycles. The van der Waals surface area contributed by atoms with Crippen molar-refractivity contribution in [1.82, 2.24) is 20.3 Å². The van der Waals surface area contributed by atoms with Gasteiger partial charge in [0.1, 0.15) is 0 Å². The van der Waals surface area contributed by atoms with Crippen LogP contribution in [0.3, 0.4) is 0 Å². The van der Waals surface area contributed by atoms with E-state index in [4.69, 9.17) is 0 Å². The van der Waals surface area contributed by atoms with Crippen LogP contribution in [0.25, 0.3) is 10.9 Å². The second-order valence-corrected chi connectivity index (χ2v) is 8.22. The molecule has 1 saturated carbocycles. The molecule has 2 heterocycles. The Balaban J connectivity index is 0.000000287. The van der Waals surface area contributed by atoms with Crippen LogP contribution in [0.5, 0.6) is 5.88 Å². The molecule has 4 rings (SSSR count). The number of thioether (sulfide) groups is 1. The van der Waals surface area contributed by atoms with Gasteiger partial charge in [-0.15, -0.1) is 0 Å². The summed E-state index contributed by atoms with van der Waals surface area (Å²) in [6.07, 6.45) is 7.79. The third-order valence-corrected chi connectivity index (χ3v) is 5.72. The Kier molecular flexibility index (Phi) is 8.84. The molecule has 0 unspecified atom stereocenters. The van der Waals surface area contributed by atoms with E-state index in [-0.39, 0.29) is 17.3 Å². The normalized spacial score (nSPS) is 13.8. The number of carbonyl (C=O) groups is 1. The molecule has 31 heavy (non-hydrogen) atoms. The number of benzene rings is 1. The minimum Gasteiger partial charge on any atom is -0.353 e. The highest BCUT2D eigenvalue weighted by atomic mass is 32.2. The molecule has 2 N–H and O–H groups in total. The number of fused-ring (bicyclic) bond motifs is 1. The molecule has 0 saturated heterocycles. The Labute approximate surface area is 183 Å². The van der Waals surface area contributed by atoms with Crippen molar-refractivity contribution >= 4 is 28.6 Å². The maximum Gasteiger partial charge on any atom is 0.262 e. The number of H-pyrrole nitrogens is 1. The zero-order valence-electron chi connectivity index (χ0n) is 17.1. The van der Waals surface area contributed by atoms with Gasteiger partial charge in [-0.1, -0.05) is 49.2 Å². The van der Waals surface area contributed by atoms with E-state index in [1.54, 1.807) is 18.2 Å². The van der Waals surface area contributed by atoms with Gasteiger partial charge >= 0.3 is 0 Å². The fourth-order valence-corrected chi connectivity index (χ4v) is 4.12. The average molecular weight is 445 g/mol. The van der Waals surface area contributed by atoms with Crippen molar-refractivity contribution in [2.45, 2.75) is 49.7 Å². The fraction of sp³-hybridized carbons (Fsp3) is 0.364. The summed E-state index contributed by atoms with van der Waals surface area (Å²) in [6, 6.07) is 12.4. The number of nitrogens with zero attached hydrogens (tertiary/aromatic N) is 2. The van der Waals surface area contributed by atoms with Gasteiger partial charge in [0.2, 0.25) is 5.91 Å². The quantitative estimate of drug-likeness (QED) is 0.437. The first-order valence-electron chi connectivity index (χ1n) is 10.3. The predicted molar refractivity (Wildman–Crippen MR) is 119 cm³/mol.